The molecule has 0 radical (unpaired) electrons. The number of piperazine rings is 1. The molecule has 1 aliphatic heterocycles. The van der Waals surface area contributed by atoms with Crippen LogP contribution in [0.3, 0.4) is 0 Å². The molecule has 2 fully saturated rings. The molecule has 0 bridgehead atoms. The van der Waals surface area contributed by atoms with Gasteiger partial charge in [0.25, 0.3) is 0 Å². The lowest BCUT2D eigenvalue weighted by Gasteiger charge is -2.37. The number of hydrogen-bond donors (Lipinski definition) is 1. The van der Waals surface area contributed by atoms with Crippen LogP contribution in [0.1, 0.15) is 32.6 Å². The summed E-state index contributed by atoms with van der Waals surface area (Å²) in [6.07, 6.45) is 4.88. The van der Waals surface area contributed by atoms with Crippen LogP contribution in [0.15, 0.2) is 24.3 Å². The summed E-state index contributed by atoms with van der Waals surface area (Å²) in [5, 5.41) is 3.26. The van der Waals surface area contributed by atoms with Gasteiger partial charge in [-0.05, 0) is 43.0 Å². The highest BCUT2D eigenvalue weighted by atomic mass is 16.5. The number of methoxy groups -OCH3 is 1. The normalized spacial score (nSPS) is 23.7. The van der Waals surface area contributed by atoms with E-state index >= 15 is 0 Å². The van der Waals surface area contributed by atoms with E-state index in [0.717, 1.165) is 50.6 Å². The third-order valence-electron chi connectivity index (χ3n) is 5.82. The molecule has 1 N–H and O–H groups in total. The summed E-state index contributed by atoms with van der Waals surface area (Å²) in [6.45, 7) is 7.16. The van der Waals surface area contributed by atoms with Crippen LogP contribution in [-0.4, -0.2) is 68.3 Å². The molecule has 150 valence electrons. The Hall–Kier alpha value is -1.95. The van der Waals surface area contributed by atoms with Crippen LogP contribution in [0.5, 0.6) is 11.5 Å². The van der Waals surface area contributed by atoms with Gasteiger partial charge in [0, 0.05) is 38.8 Å². The fourth-order valence-corrected chi connectivity index (χ4v) is 3.92. The molecule has 2 aliphatic rings. The molecule has 1 saturated carbocycles. The second kappa shape index (κ2) is 9.83. The van der Waals surface area contributed by atoms with E-state index in [1.165, 1.54) is 19.3 Å². The molecule has 0 spiro atoms. The van der Waals surface area contributed by atoms with Crippen LogP contribution in [0, 0.1) is 5.92 Å². The first-order valence-electron chi connectivity index (χ1n) is 10.2. The average molecular weight is 376 g/mol. The summed E-state index contributed by atoms with van der Waals surface area (Å²) in [7, 11) is 1.66. The van der Waals surface area contributed by atoms with Crippen molar-refractivity contribution in [3.63, 3.8) is 0 Å². The number of hydrogen-bond acceptors (Lipinski definition) is 4. The fraction of sp³-hybridized carbons (Fsp3) is 0.667. The molecule has 1 heterocycles. The quantitative estimate of drug-likeness (QED) is 0.831. The Morgan fingerprint density at radius 3 is 2.41 bits per heavy atom. The number of amides is 2. The largest absolute Gasteiger partial charge is 0.497 e. The number of carbonyl (C=O) groups is 1. The predicted octanol–water partition coefficient (Wildman–Crippen LogP) is 2.98. The Labute approximate surface area is 162 Å². The standard InChI is InChI=1S/C21H33N3O3/c1-17-5-3-4-6-20(17)22-21(25)24-13-11-23(12-14-24)15-16-27-19-9-7-18(26-2)8-10-19/h7-10,17,20H,3-6,11-16H2,1-2H3,(H,22,25)/t17-,20+/m1/s1. The van der Waals surface area contributed by atoms with Crippen LogP contribution in [0.25, 0.3) is 0 Å². The average Bonchev–Trinajstić information content (AvgIpc) is 2.71. The van der Waals surface area contributed by atoms with E-state index in [1.54, 1.807) is 7.11 Å². The molecular weight excluding hydrogens is 342 g/mol. The van der Waals surface area contributed by atoms with Gasteiger partial charge in [-0.2, -0.15) is 0 Å². The third-order valence-corrected chi connectivity index (χ3v) is 5.82. The van der Waals surface area contributed by atoms with Crippen molar-refractivity contribution >= 4 is 6.03 Å². The second-order valence-electron chi connectivity index (χ2n) is 7.67. The Bertz CT molecular complexity index is 585. The maximum Gasteiger partial charge on any atom is 0.317 e. The van der Waals surface area contributed by atoms with Gasteiger partial charge in [-0.25, -0.2) is 4.79 Å². The van der Waals surface area contributed by atoms with Gasteiger partial charge in [0.1, 0.15) is 18.1 Å². The van der Waals surface area contributed by atoms with Crippen molar-refractivity contribution in [3.05, 3.63) is 24.3 Å². The minimum atomic E-state index is 0.114. The molecule has 6 heteroatoms. The molecule has 6 nitrogen and oxygen atoms in total. The SMILES string of the molecule is COc1ccc(OCCN2CCN(C(=O)N[C@H]3CCCC[C@H]3C)CC2)cc1. The topological polar surface area (TPSA) is 54.0 Å². The first-order chi connectivity index (χ1) is 13.2. The zero-order valence-corrected chi connectivity index (χ0v) is 16.7. The van der Waals surface area contributed by atoms with E-state index in [2.05, 4.69) is 17.1 Å². The van der Waals surface area contributed by atoms with Gasteiger partial charge in [-0.3, -0.25) is 4.90 Å². The predicted molar refractivity (Wildman–Crippen MR) is 106 cm³/mol. The van der Waals surface area contributed by atoms with Crippen molar-refractivity contribution in [1.29, 1.82) is 0 Å². The molecule has 27 heavy (non-hydrogen) atoms. The molecule has 0 aromatic heterocycles. The van der Waals surface area contributed by atoms with E-state index < -0.39 is 0 Å². The highest BCUT2D eigenvalue weighted by Crippen LogP contribution is 2.24. The monoisotopic (exact) mass is 375 g/mol. The zero-order chi connectivity index (χ0) is 19.1. The lowest BCUT2D eigenvalue weighted by molar-refractivity contribution is 0.121. The van der Waals surface area contributed by atoms with Gasteiger partial charge >= 0.3 is 6.03 Å². The number of nitrogens with zero attached hydrogens (tertiary/aromatic N) is 2. The van der Waals surface area contributed by atoms with Gasteiger partial charge < -0.3 is 19.7 Å². The van der Waals surface area contributed by atoms with E-state index in [-0.39, 0.29) is 6.03 Å². The van der Waals surface area contributed by atoms with Crippen molar-refractivity contribution in [2.24, 2.45) is 5.92 Å². The zero-order valence-electron chi connectivity index (χ0n) is 16.7. The Morgan fingerprint density at radius 2 is 1.74 bits per heavy atom. The van der Waals surface area contributed by atoms with Gasteiger partial charge in [0.2, 0.25) is 0 Å². The lowest BCUT2D eigenvalue weighted by Crippen LogP contribution is -2.55. The number of rotatable bonds is 6. The van der Waals surface area contributed by atoms with Gasteiger partial charge in [0.15, 0.2) is 0 Å². The molecule has 1 aromatic rings. The van der Waals surface area contributed by atoms with Gasteiger partial charge in [-0.15, -0.1) is 0 Å². The summed E-state index contributed by atoms with van der Waals surface area (Å²) in [4.78, 5) is 16.8. The van der Waals surface area contributed by atoms with Crippen LogP contribution < -0.4 is 14.8 Å². The van der Waals surface area contributed by atoms with Crippen LogP contribution in [-0.2, 0) is 0 Å². The van der Waals surface area contributed by atoms with Crippen LogP contribution >= 0.6 is 0 Å². The summed E-state index contributed by atoms with van der Waals surface area (Å²) >= 11 is 0. The highest BCUT2D eigenvalue weighted by Gasteiger charge is 2.26. The number of nitrogens with one attached hydrogen (secondary N) is 1. The molecule has 3 rings (SSSR count). The first kappa shape index (κ1) is 19.8. The lowest BCUT2D eigenvalue weighted by atomic mass is 9.86. The molecule has 2 amide bonds. The molecular formula is C21H33N3O3. The fourth-order valence-electron chi connectivity index (χ4n) is 3.92. The maximum atomic E-state index is 12.5. The number of benzene rings is 1. The van der Waals surface area contributed by atoms with Gasteiger partial charge in [0.05, 0.1) is 7.11 Å². The Morgan fingerprint density at radius 1 is 1.07 bits per heavy atom. The van der Waals surface area contributed by atoms with Crippen molar-refractivity contribution in [2.45, 2.75) is 38.6 Å². The summed E-state index contributed by atoms with van der Waals surface area (Å²) in [5.41, 5.74) is 0. The number of urea groups is 1. The summed E-state index contributed by atoms with van der Waals surface area (Å²) in [5.74, 6) is 2.29. The number of carbonyl (C=O) groups excluding carboxylic acids is 1. The molecule has 1 aromatic carbocycles. The minimum absolute atomic E-state index is 0.114. The van der Waals surface area contributed by atoms with Crippen LogP contribution in [0.4, 0.5) is 4.79 Å². The Balaban J connectivity index is 1.34. The van der Waals surface area contributed by atoms with E-state index in [4.69, 9.17) is 9.47 Å². The number of ether oxygens (including phenoxy) is 2. The summed E-state index contributed by atoms with van der Waals surface area (Å²) in [6, 6.07) is 8.12. The molecule has 2 atom stereocenters. The maximum absolute atomic E-state index is 12.5. The van der Waals surface area contributed by atoms with Gasteiger partial charge in [-0.1, -0.05) is 19.8 Å². The van der Waals surface area contributed by atoms with Crippen molar-refractivity contribution in [3.8, 4) is 11.5 Å². The van der Waals surface area contributed by atoms with Crippen molar-refractivity contribution in [1.82, 2.24) is 15.1 Å². The summed E-state index contributed by atoms with van der Waals surface area (Å²) < 4.78 is 11.0. The molecule has 0 unspecified atom stereocenters. The minimum Gasteiger partial charge on any atom is -0.497 e. The van der Waals surface area contributed by atoms with E-state index in [9.17, 15) is 4.79 Å². The highest BCUT2D eigenvalue weighted by molar-refractivity contribution is 5.74. The molecule has 1 aliphatic carbocycles. The van der Waals surface area contributed by atoms with Crippen LogP contribution in [0.2, 0.25) is 0 Å². The Kier molecular flexibility index (Phi) is 7.21. The van der Waals surface area contributed by atoms with Crippen molar-refractivity contribution < 1.29 is 14.3 Å². The third kappa shape index (κ3) is 5.76. The second-order valence-corrected chi connectivity index (χ2v) is 7.67. The first-order valence-corrected chi connectivity index (χ1v) is 10.2. The smallest absolute Gasteiger partial charge is 0.317 e. The molecule has 1 saturated heterocycles. The van der Waals surface area contributed by atoms with E-state index in [0.29, 0.717) is 18.6 Å². The van der Waals surface area contributed by atoms with Crippen molar-refractivity contribution in [2.75, 3.05) is 46.4 Å². The van der Waals surface area contributed by atoms with E-state index in [1.807, 2.05) is 29.2 Å².